The summed E-state index contributed by atoms with van der Waals surface area (Å²) in [7, 11) is 0. The van der Waals surface area contributed by atoms with Gasteiger partial charge in [0.2, 0.25) is 0 Å². The van der Waals surface area contributed by atoms with Crippen LogP contribution in [0.3, 0.4) is 0 Å². The number of para-hydroxylation sites is 2. The van der Waals surface area contributed by atoms with Crippen molar-refractivity contribution in [3.63, 3.8) is 0 Å². The molecule has 10 heterocycles. The second-order valence-electron chi connectivity index (χ2n) is 39.1. The molecule has 18 aromatic rings. The topological polar surface area (TPSA) is 166 Å². The molecule has 0 radical (unpaired) electrons. The number of fused-ring (bicyclic) bond motifs is 8. The predicted molar refractivity (Wildman–Crippen MR) is 533 cm³/mol. The number of hydrogen-bond donors (Lipinski definition) is 4. The van der Waals surface area contributed by atoms with Crippen molar-refractivity contribution in [2.75, 3.05) is 0 Å². The van der Waals surface area contributed by atoms with Crippen molar-refractivity contribution in [3.05, 3.63) is 361 Å². The highest BCUT2D eigenvalue weighted by atomic mass is 14.8. The van der Waals surface area contributed by atoms with Gasteiger partial charge in [0.1, 0.15) is 6.33 Å². The van der Waals surface area contributed by atoms with E-state index in [1.807, 2.05) is 86.2 Å². The Labute approximate surface area is 739 Å². The number of hydrogen-bond acceptors (Lipinski definition) is 8. The maximum Gasteiger partial charge on any atom is 0.115 e. The smallest absolute Gasteiger partial charge is 0.115 e. The van der Waals surface area contributed by atoms with E-state index in [9.17, 15) is 0 Å². The largest absolute Gasteiger partial charge is 0.361 e. The number of nitrogens with one attached hydrogen (secondary N) is 4. The fourth-order valence-electron chi connectivity index (χ4n) is 14.0. The summed E-state index contributed by atoms with van der Waals surface area (Å²) in [6, 6.07) is 76.6. The summed E-state index contributed by atoms with van der Waals surface area (Å²) in [5.41, 5.74) is 23.8. The summed E-state index contributed by atoms with van der Waals surface area (Å²) in [6.07, 6.45) is 25.8. The molecule has 0 saturated heterocycles. The van der Waals surface area contributed by atoms with Crippen molar-refractivity contribution in [2.24, 2.45) is 0 Å². The summed E-state index contributed by atoms with van der Waals surface area (Å²) >= 11 is 0. The van der Waals surface area contributed by atoms with Crippen molar-refractivity contribution in [1.29, 1.82) is 0 Å². The molecule has 0 saturated carbocycles. The van der Waals surface area contributed by atoms with E-state index in [2.05, 4.69) is 434 Å². The van der Waals surface area contributed by atoms with Crippen molar-refractivity contribution < 1.29 is 0 Å². The highest BCUT2D eigenvalue weighted by Gasteiger charge is 2.21. The maximum atomic E-state index is 4.45. The van der Waals surface area contributed by atoms with Gasteiger partial charge in [0.05, 0.1) is 27.8 Å². The molecular weight excluding hydrogens is 1510 g/mol. The zero-order chi connectivity index (χ0) is 90.2. The molecule has 0 bridgehead atoms. The van der Waals surface area contributed by atoms with Crippen LogP contribution in [0.2, 0.25) is 0 Å². The Morgan fingerprint density at radius 2 is 0.750 bits per heavy atom. The normalized spacial score (nSPS) is 11.6. The van der Waals surface area contributed by atoms with Crippen LogP contribution in [0.15, 0.2) is 305 Å². The van der Waals surface area contributed by atoms with Crippen molar-refractivity contribution in [1.82, 2.24) is 59.8 Å². The van der Waals surface area contributed by atoms with Crippen molar-refractivity contribution in [3.8, 4) is 0 Å². The molecular formula is C112H136N12. The van der Waals surface area contributed by atoms with Gasteiger partial charge in [0.25, 0.3) is 0 Å². The Kier molecular flexibility index (Phi) is 33.3. The standard InChI is InChI=1S/2C13H15N.4C12H15N.2C12H13N.2C7H10N2/c1-13(2,3)11-8-4-6-10-7-5-9-14-12(10)11;1-13(2,3)11-6-7-12-10(9-11)5-4-8-14-12;1-12(2,3)10-4-5-11-9(8-10)6-7-13-11;1-12(2,3)10-5-4-9-6-7-13-11(9)8-10;1-12(2,3)10-5-4-6-11-9(10)7-8-13-11;1-12(2,3)10-6-4-5-9-7-8-13-11(9)10;1-9(2)10-5-3-7-12-11(10)6-4-8-13-12;1-9(2)11-6-5-10-4-3-7-13-12(10)8-11;1-6(2)7-3-8-5-9-4-7;1-6(2)7-5-8-3-4-9-7/h2*4-9H,1-3H3;4*4-8,13H,1-3H3;2*3-9H,1-2H3;2*3-6H,1-2H3. The number of benzene rings is 8. The number of nitrogens with zero attached hydrogens (tertiary/aromatic N) is 8. The Balaban J connectivity index is 0.000000157. The van der Waals surface area contributed by atoms with Gasteiger partial charge in [-0.2, -0.15) is 0 Å². The Bertz CT molecular complexity index is 6040. The lowest BCUT2D eigenvalue weighted by atomic mass is 9.85. The minimum Gasteiger partial charge on any atom is -0.361 e. The van der Waals surface area contributed by atoms with Crippen molar-refractivity contribution in [2.45, 2.75) is 236 Å². The zero-order valence-electron chi connectivity index (χ0n) is 78.8. The summed E-state index contributed by atoms with van der Waals surface area (Å²) in [6.45, 7) is 57.5. The molecule has 4 N–H and O–H groups in total. The fourth-order valence-corrected chi connectivity index (χ4v) is 14.0. The number of rotatable bonds is 4. The van der Waals surface area contributed by atoms with Gasteiger partial charge in [-0.05, 0) is 219 Å². The third-order valence-electron chi connectivity index (χ3n) is 21.6. The zero-order valence-corrected chi connectivity index (χ0v) is 78.8. The van der Waals surface area contributed by atoms with Gasteiger partial charge >= 0.3 is 0 Å². The average molecular weight is 1650 g/mol. The highest BCUT2D eigenvalue weighted by Crippen LogP contribution is 2.34. The molecule has 0 aliphatic rings. The minimum atomic E-state index is 0.161. The predicted octanol–water partition coefficient (Wildman–Crippen LogP) is 30.8. The van der Waals surface area contributed by atoms with Crippen LogP contribution >= 0.6 is 0 Å². The van der Waals surface area contributed by atoms with Gasteiger partial charge in [-0.25, -0.2) is 9.97 Å². The van der Waals surface area contributed by atoms with Gasteiger partial charge in [0.15, 0.2) is 0 Å². The monoisotopic (exact) mass is 1650 g/mol. The molecule has 0 spiro atoms. The lowest BCUT2D eigenvalue weighted by Gasteiger charge is -2.20. The van der Waals surface area contributed by atoms with E-state index in [0.29, 0.717) is 23.7 Å². The minimum absolute atomic E-state index is 0.161. The second-order valence-corrected chi connectivity index (χ2v) is 39.1. The van der Waals surface area contributed by atoms with E-state index in [1.54, 1.807) is 24.9 Å². The van der Waals surface area contributed by atoms with Gasteiger partial charge in [0, 0.05) is 130 Å². The molecule has 124 heavy (non-hydrogen) atoms. The molecule has 0 atom stereocenters. The number of pyridine rings is 4. The van der Waals surface area contributed by atoms with Crippen LogP contribution < -0.4 is 0 Å². The fraction of sp³-hybridized carbons (Fsp3) is 0.321. The van der Waals surface area contributed by atoms with Crippen LogP contribution in [0, 0.1) is 0 Å². The second kappa shape index (κ2) is 43.2. The van der Waals surface area contributed by atoms with Crippen LogP contribution in [-0.4, -0.2) is 59.8 Å². The number of aromatic nitrogens is 12. The quantitative estimate of drug-likeness (QED) is 0.135. The molecule has 0 aliphatic heterocycles. The van der Waals surface area contributed by atoms with Gasteiger partial charge in [-0.15, -0.1) is 0 Å². The molecule has 18 rings (SSSR count). The van der Waals surface area contributed by atoms with Crippen LogP contribution in [0.1, 0.15) is 259 Å². The molecule has 0 unspecified atom stereocenters. The first-order valence-corrected chi connectivity index (χ1v) is 43.8. The van der Waals surface area contributed by atoms with Crippen LogP contribution in [0.4, 0.5) is 0 Å². The lowest BCUT2D eigenvalue weighted by molar-refractivity contribution is 0.591. The SMILES string of the molecule is CC(C)(C)c1ccc2[nH]ccc2c1.CC(C)(C)c1ccc2cc[nH]c2c1.CC(C)(C)c1ccc2ncccc2c1.CC(C)(C)c1cccc2[nH]ccc12.CC(C)(C)c1cccc2cc[nH]c12.CC(C)(C)c1cccc2cccnc12.CC(C)c1ccc2cccnc2c1.CC(C)c1cccc2ncccc12.CC(C)c1cnccn1.CC(C)c1cncnc1. The molecule has 12 nitrogen and oxygen atoms in total. The third-order valence-corrected chi connectivity index (χ3v) is 21.6. The first kappa shape index (κ1) is 95.6. The number of H-pyrrole nitrogens is 4. The summed E-state index contributed by atoms with van der Waals surface area (Å²) in [5.74, 6) is 2.16. The Morgan fingerprint density at radius 3 is 1.35 bits per heavy atom. The van der Waals surface area contributed by atoms with E-state index in [-0.39, 0.29) is 32.5 Å². The molecule has 0 amide bonds. The lowest BCUT2D eigenvalue weighted by Crippen LogP contribution is -2.11. The highest BCUT2D eigenvalue weighted by molar-refractivity contribution is 5.87. The van der Waals surface area contributed by atoms with E-state index in [4.69, 9.17) is 0 Å². The summed E-state index contributed by atoms with van der Waals surface area (Å²) in [5, 5.41) is 10.2. The molecule has 0 aliphatic carbocycles. The van der Waals surface area contributed by atoms with E-state index in [0.717, 1.165) is 27.8 Å². The van der Waals surface area contributed by atoms with Crippen LogP contribution in [-0.2, 0) is 32.5 Å². The third kappa shape index (κ3) is 27.9. The Morgan fingerprint density at radius 1 is 0.258 bits per heavy atom. The van der Waals surface area contributed by atoms with Crippen LogP contribution in [0.5, 0.6) is 0 Å². The average Bonchev–Trinajstić information content (AvgIpc) is 1.43. The van der Waals surface area contributed by atoms with Crippen LogP contribution in [0.25, 0.3) is 87.2 Å². The van der Waals surface area contributed by atoms with Gasteiger partial charge < -0.3 is 19.9 Å². The van der Waals surface area contributed by atoms with Gasteiger partial charge in [-0.1, -0.05) is 301 Å². The maximum absolute atomic E-state index is 4.45. The van der Waals surface area contributed by atoms with E-state index >= 15 is 0 Å². The number of aromatic amines is 4. The van der Waals surface area contributed by atoms with E-state index in [1.165, 1.54) is 115 Å². The summed E-state index contributed by atoms with van der Waals surface area (Å²) in [4.78, 5) is 46.2. The van der Waals surface area contributed by atoms with E-state index < -0.39 is 0 Å². The first-order chi connectivity index (χ1) is 58.6. The molecule has 8 aromatic carbocycles. The molecule has 0 fully saturated rings. The van der Waals surface area contributed by atoms with Gasteiger partial charge in [-0.3, -0.25) is 29.9 Å². The Hall–Kier alpha value is -12.3. The first-order valence-electron chi connectivity index (χ1n) is 43.8. The summed E-state index contributed by atoms with van der Waals surface area (Å²) < 4.78 is 0. The van der Waals surface area contributed by atoms with Crippen molar-refractivity contribution >= 4 is 87.2 Å². The molecule has 10 aromatic heterocycles. The molecule has 644 valence electrons. The molecule has 12 heteroatoms.